The van der Waals surface area contributed by atoms with Gasteiger partial charge in [0.25, 0.3) is 10.0 Å². The van der Waals surface area contributed by atoms with Crippen LogP contribution in [-0.2, 0) is 10.0 Å². The zero-order chi connectivity index (χ0) is 18.0. The molecule has 2 rings (SSSR count). The predicted molar refractivity (Wildman–Crippen MR) is 84.5 cm³/mol. The maximum atomic E-state index is 12.2. The van der Waals surface area contributed by atoms with E-state index in [4.69, 9.17) is 0 Å². The molecule has 0 saturated carbocycles. The van der Waals surface area contributed by atoms with Crippen LogP contribution in [0.1, 0.15) is 25.3 Å². The Morgan fingerprint density at radius 2 is 1.50 bits per heavy atom. The summed E-state index contributed by atoms with van der Waals surface area (Å²) >= 11 is 0. The lowest BCUT2D eigenvalue weighted by atomic mass is 10.0. The van der Waals surface area contributed by atoms with Gasteiger partial charge in [0.15, 0.2) is 0 Å². The monoisotopic (exact) mass is 359 g/mol. The van der Waals surface area contributed by atoms with Crippen molar-refractivity contribution in [3.8, 4) is 5.75 Å². The largest absolute Gasteiger partial charge is 0.573 e. The molecule has 24 heavy (non-hydrogen) atoms. The van der Waals surface area contributed by atoms with E-state index in [2.05, 4.69) is 9.46 Å². The van der Waals surface area contributed by atoms with Crippen molar-refractivity contribution >= 4 is 15.7 Å². The SMILES string of the molecule is CC(C)c1ccc(NS(=O)(=O)c2ccc(OC(F)(F)F)cc2)cc1. The Kier molecular flexibility index (Phi) is 5.08. The second-order valence-electron chi connectivity index (χ2n) is 5.40. The van der Waals surface area contributed by atoms with Gasteiger partial charge in [-0.1, -0.05) is 26.0 Å². The number of hydrogen-bond acceptors (Lipinski definition) is 3. The summed E-state index contributed by atoms with van der Waals surface area (Å²) in [7, 11) is -3.89. The number of alkyl halides is 3. The van der Waals surface area contributed by atoms with Crippen LogP contribution < -0.4 is 9.46 Å². The number of rotatable bonds is 5. The minimum absolute atomic E-state index is 0.162. The quantitative estimate of drug-likeness (QED) is 0.855. The molecule has 4 nitrogen and oxygen atoms in total. The lowest BCUT2D eigenvalue weighted by Gasteiger charge is -2.11. The summed E-state index contributed by atoms with van der Waals surface area (Å²) in [5.74, 6) is -0.167. The maximum Gasteiger partial charge on any atom is 0.573 e. The molecular formula is C16H16F3NO3S. The summed E-state index contributed by atoms with van der Waals surface area (Å²) in [5, 5.41) is 0. The Hall–Kier alpha value is -2.22. The van der Waals surface area contributed by atoms with E-state index in [1.165, 1.54) is 0 Å². The van der Waals surface area contributed by atoms with E-state index < -0.39 is 22.1 Å². The Bertz CT molecular complexity index is 783. The lowest BCUT2D eigenvalue weighted by Crippen LogP contribution is -2.17. The van der Waals surface area contributed by atoms with Gasteiger partial charge in [0.2, 0.25) is 0 Å². The molecular weight excluding hydrogens is 343 g/mol. The van der Waals surface area contributed by atoms with Crippen molar-refractivity contribution in [2.45, 2.75) is 31.0 Å². The first-order valence-electron chi connectivity index (χ1n) is 7.05. The molecule has 0 fully saturated rings. The van der Waals surface area contributed by atoms with Crippen molar-refractivity contribution in [1.29, 1.82) is 0 Å². The van der Waals surface area contributed by atoms with Crippen LogP contribution in [0.4, 0.5) is 18.9 Å². The molecule has 0 spiro atoms. The second-order valence-corrected chi connectivity index (χ2v) is 7.08. The van der Waals surface area contributed by atoms with Crippen molar-refractivity contribution in [3.63, 3.8) is 0 Å². The molecule has 0 heterocycles. The molecule has 130 valence electrons. The van der Waals surface area contributed by atoms with Gasteiger partial charge >= 0.3 is 6.36 Å². The topological polar surface area (TPSA) is 55.4 Å². The minimum atomic E-state index is -4.82. The first kappa shape index (κ1) is 18.1. The van der Waals surface area contributed by atoms with Crippen LogP contribution in [0.5, 0.6) is 5.75 Å². The van der Waals surface area contributed by atoms with Crippen LogP contribution in [0.25, 0.3) is 0 Å². The molecule has 0 atom stereocenters. The third-order valence-corrected chi connectivity index (χ3v) is 4.59. The summed E-state index contributed by atoms with van der Waals surface area (Å²) in [4.78, 5) is -0.162. The molecule has 0 aromatic heterocycles. The Morgan fingerprint density at radius 1 is 0.958 bits per heavy atom. The van der Waals surface area contributed by atoms with Crippen molar-refractivity contribution in [3.05, 3.63) is 54.1 Å². The van der Waals surface area contributed by atoms with E-state index >= 15 is 0 Å². The smallest absolute Gasteiger partial charge is 0.406 e. The number of nitrogens with one attached hydrogen (secondary N) is 1. The standard InChI is InChI=1S/C16H16F3NO3S/c1-11(2)12-3-5-13(6-4-12)20-24(21,22)15-9-7-14(8-10-15)23-16(17,18)19/h3-11,20H,1-2H3. The molecule has 0 aliphatic heterocycles. The number of anilines is 1. The molecule has 8 heteroatoms. The van der Waals surface area contributed by atoms with Crippen molar-refractivity contribution in [2.24, 2.45) is 0 Å². The summed E-state index contributed by atoms with van der Waals surface area (Å²) < 4.78 is 66.9. The number of hydrogen-bond donors (Lipinski definition) is 1. The van der Waals surface area contributed by atoms with Crippen LogP contribution >= 0.6 is 0 Å². The van der Waals surface area contributed by atoms with Crippen LogP contribution in [-0.4, -0.2) is 14.8 Å². The molecule has 0 saturated heterocycles. The van der Waals surface area contributed by atoms with Gasteiger partial charge in [-0.25, -0.2) is 8.42 Å². The van der Waals surface area contributed by atoms with Crippen LogP contribution in [0.3, 0.4) is 0 Å². The number of sulfonamides is 1. The molecule has 2 aromatic rings. The second kappa shape index (κ2) is 6.72. The fourth-order valence-electron chi connectivity index (χ4n) is 1.97. The first-order chi connectivity index (χ1) is 11.1. The van der Waals surface area contributed by atoms with Gasteiger partial charge < -0.3 is 4.74 Å². The van der Waals surface area contributed by atoms with Gasteiger partial charge in [0.05, 0.1) is 4.90 Å². The first-order valence-corrected chi connectivity index (χ1v) is 8.54. The number of ether oxygens (including phenoxy) is 1. The van der Waals surface area contributed by atoms with Crippen molar-refractivity contribution in [1.82, 2.24) is 0 Å². The molecule has 1 N–H and O–H groups in total. The van der Waals surface area contributed by atoms with Gasteiger partial charge in [0.1, 0.15) is 5.75 Å². The number of benzene rings is 2. The molecule has 0 aliphatic carbocycles. The summed E-state index contributed by atoms with van der Waals surface area (Å²) in [6.07, 6.45) is -4.82. The van der Waals surface area contributed by atoms with Crippen LogP contribution in [0.2, 0.25) is 0 Å². The van der Waals surface area contributed by atoms with Crippen molar-refractivity contribution < 1.29 is 26.3 Å². The average molecular weight is 359 g/mol. The van der Waals surface area contributed by atoms with E-state index in [0.29, 0.717) is 11.6 Å². The van der Waals surface area contributed by atoms with E-state index in [1.807, 2.05) is 26.0 Å². The molecule has 0 aliphatic rings. The third-order valence-electron chi connectivity index (χ3n) is 3.20. The van der Waals surface area contributed by atoms with Gasteiger partial charge in [-0.05, 0) is 47.9 Å². The van der Waals surface area contributed by atoms with Gasteiger partial charge in [-0.2, -0.15) is 0 Å². The summed E-state index contributed by atoms with van der Waals surface area (Å²) in [6, 6.07) is 10.9. The highest BCUT2D eigenvalue weighted by atomic mass is 32.2. The van der Waals surface area contributed by atoms with Crippen LogP contribution in [0.15, 0.2) is 53.4 Å². The number of halogens is 3. The third kappa shape index (κ3) is 4.89. The zero-order valence-corrected chi connectivity index (χ0v) is 13.8. The fraction of sp³-hybridized carbons (Fsp3) is 0.250. The summed E-state index contributed by atoms with van der Waals surface area (Å²) in [5.41, 5.74) is 1.43. The molecule has 2 aromatic carbocycles. The van der Waals surface area contributed by atoms with E-state index in [0.717, 1.165) is 29.8 Å². The Balaban J connectivity index is 2.15. The molecule has 0 radical (unpaired) electrons. The van der Waals surface area contributed by atoms with Crippen LogP contribution in [0, 0.1) is 0 Å². The zero-order valence-electron chi connectivity index (χ0n) is 13.0. The molecule has 0 bridgehead atoms. The predicted octanol–water partition coefficient (Wildman–Crippen LogP) is 4.51. The Labute approximate surface area is 138 Å². The van der Waals surface area contributed by atoms with E-state index in [1.54, 1.807) is 12.1 Å². The van der Waals surface area contributed by atoms with Gasteiger partial charge in [0, 0.05) is 5.69 Å². The molecule has 0 amide bonds. The van der Waals surface area contributed by atoms with Gasteiger partial charge in [-0.15, -0.1) is 13.2 Å². The lowest BCUT2D eigenvalue weighted by molar-refractivity contribution is -0.274. The Morgan fingerprint density at radius 3 is 1.96 bits per heavy atom. The minimum Gasteiger partial charge on any atom is -0.406 e. The maximum absolute atomic E-state index is 12.2. The van der Waals surface area contributed by atoms with Crippen molar-refractivity contribution in [2.75, 3.05) is 4.72 Å². The highest BCUT2D eigenvalue weighted by molar-refractivity contribution is 7.92. The normalized spacial score (nSPS) is 12.2. The average Bonchev–Trinajstić information content (AvgIpc) is 2.46. The highest BCUT2D eigenvalue weighted by Gasteiger charge is 2.31. The van der Waals surface area contributed by atoms with E-state index in [-0.39, 0.29) is 4.90 Å². The summed E-state index contributed by atoms with van der Waals surface area (Å²) in [6.45, 7) is 4.04. The highest BCUT2D eigenvalue weighted by Crippen LogP contribution is 2.25. The molecule has 0 unspecified atom stereocenters. The van der Waals surface area contributed by atoms with Gasteiger partial charge in [-0.3, -0.25) is 4.72 Å². The van der Waals surface area contributed by atoms with E-state index in [9.17, 15) is 21.6 Å². The fourth-order valence-corrected chi connectivity index (χ4v) is 3.03.